The molecular weight excluding hydrogens is 671 g/mol. The number of fused-ring (bicyclic) bond motifs is 8. The van der Waals surface area contributed by atoms with Gasteiger partial charge in [-0.2, -0.15) is 0 Å². The maximum atomic E-state index is 6.47. The second-order valence-corrected chi connectivity index (χ2v) is 14.4. The minimum absolute atomic E-state index is 0.902. The molecular formula is C52H35NO2. The summed E-state index contributed by atoms with van der Waals surface area (Å²) in [6.07, 6.45) is 6.40. The number of rotatable bonds is 6. The molecule has 0 amide bonds. The zero-order chi connectivity index (χ0) is 36.3. The van der Waals surface area contributed by atoms with Crippen molar-refractivity contribution in [2.75, 3.05) is 4.90 Å². The van der Waals surface area contributed by atoms with Gasteiger partial charge in [0.05, 0.1) is 0 Å². The van der Waals surface area contributed by atoms with E-state index in [1.807, 2.05) is 12.1 Å². The fraction of sp³-hybridized carbons (Fsp3) is 0.0385. The number of benzene rings is 8. The largest absolute Gasteiger partial charge is 0.456 e. The van der Waals surface area contributed by atoms with Crippen LogP contribution in [0.5, 0.6) is 0 Å². The Balaban J connectivity index is 0.998. The van der Waals surface area contributed by atoms with Crippen molar-refractivity contribution in [2.45, 2.75) is 12.8 Å². The minimum Gasteiger partial charge on any atom is -0.456 e. The maximum Gasteiger partial charge on any atom is 0.143 e. The van der Waals surface area contributed by atoms with Crippen LogP contribution in [0.1, 0.15) is 17.7 Å². The van der Waals surface area contributed by atoms with Crippen LogP contribution in [0.3, 0.4) is 0 Å². The Hall–Kier alpha value is -7.10. The zero-order valence-corrected chi connectivity index (χ0v) is 30.1. The van der Waals surface area contributed by atoms with Gasteiger partial charge in [-0.3, -0.25) is 0 Å². The molecule has 0 unspecified atom stereocenters. The highest BCUT2D eigenvalue weighted by Gasteiger charge is 2.19. The third kappa shape index (κ3) is 5.35. The van der Waals surface area contributed by atoms with Crippen LogP contribution >= 0.6 is 0 Å². The van der Waals surface area contributed by atoms with E-state index in [1.54, 1.807) is 0 Å². The van der Waals surface area contributed by atoms with Crippen LogP contribution in [-0.2, 0) is 6.42 Å². The predicted octanol–water partition coefficient (Wildman–Crippen LogP) is 14.9. The first-order valence-corrected chi connectivity index (χ1v) is 19.0. The van der Waals surface area contributed by atoms with Crippen molar-refractivity contribution in [3.8, 4) is 33.4 Å². The second kappa shape index (κ2) is 12.8. The summed E-state index contributed by atoms with van der Waals surface area (Å²) < 4.78 is 12.7. The van der Waals surface area contributed by atoms with Crippen molar-refractivity contribution in [1.29, 1.82) is 0 Å². The standard InChI is InChI=1S/C52H35NO2/c1-2-10-34(11-3-1)35-20-26-40(27-21-35)53(42-13-8-12-38(33-42)44-16-9-17-46-45-14-4-6-18-48(45)55-52(44)46)41-28-22-36(23-29-41)37-24-30-43-39(32-37)25-31-50-51(43)47-15-5-7-19-49(47)54-50/h1-4,6-14,16-33H,5,15H2. The number of furan rings is 2. The highest BCUT2D eigenvalue weighted by Crippen LogP contribution is 2.42. The summed E-state index contributed by atoms with van der Waals surface area (Å²) in [4.78, 5) is 2.34. The van der Waals surface area contributed by atoms with Gasteiger partial charge < -0.3 is 13.7 Å². The highest BCUT2D eigenvalue weighted by atomic mass is 16.3. The minimum atomic E-state index is 0.902. The molecule has 10 aromatic rings. The van der Waals surface area contributed by atoms with Gasteiger partial charge in [-0.05, 0) is 112 Å². The van der Waals surface area contributed by atoms with E-state index < -0.39 is 0 Å². The first-order valence-electron chi connectivity index (χ1n) is 19.0. The molecule has 55 heavy (non-hydrogen) atoms. The lowest BCUT2D eigenvalue weighted by molar-refractivity contribution is 0.595. The Morgan fingerprint density at radius 3 is 1.96 bits per heavy atom. The van der Waals surface area contributed by atoms with Gasteiger partial charge in [0.25, 0.3) is 0 Å². The first kappa shape index (κ1) is 31.4. The van der Waals surface area contributed by atoms with Crippen molar-refractivity contribution in [3.05, 3.63) is 193 Å². The Kier molecular flexibility index (Phi) is 7.31. The first-order chi connectivity index (χ1) is 27.2. The van der Waals surface area contributed by atoms with Crippen LogP contribution in [0, 0.1) is 0 Å². The summed E-state index contributed by atoms with van der Waals surface area (Å²) in [6, 6.07) is 63.0. The summed E-state index contributed by atoms with van der Waals surface area (Å²) in [7, 11) is 0. The Morgan fingerprint density at radius 1 is 0.436 bits per heavy atom. The average molecular weight is 706 g/mol. The number of nitrogens with zero attached hydrogens (tertiary/aromatic N) is 1. The molecule has 260 valence electrons. The molecule has 2 aromatic heterocycles. The molecule has 0 atom stereocenters. The van der Waals surface area contributed by atoms with Gasteiger partial charge in [0.1, 0.15) is 22.5 Å². The van der Waals surface area contributed by atoms with E-state index in [9.17, 15) is 0 Å². The summed E-state index contributed by atoms with van der Waals surface area (Å²) in [5, 5.41) is 5.99. The Morgan fingerprint density at radius 2 is 1.13 bits per heavy atom. The summed E-state index contributed by atoms with van der Waals surface area (Å²) in [6.45, 7) is 0. The molecule has 0 bridgehead atoms. The quantitative estimate of drug-likeness (QED) is 0.172. The maximum absolute atomic E-state index is 6.47. The van der Waals surface area contributed by atoms with Crippen LogP contribution in [-0.4, -0.2) is 0 Å². The molecule has 2 heterocycles. The van der Waals surface area contributed by atoms with Crippen molar-refractivity contribution in [1.82, 2.24) is 0 Å². The third-order valence-corrected chi connectivity index (χ3v) is 11.1. The van der Waals surface area contributed by atoms with Gasteiger partial charge in [0.2, 0.25) is 0 Å². The van der Waals surface area contributed by atoms with Crippen molar-refractivity contribution >= 4 is 66.8 Å². The average Bonchev–Trinajstić information content (AvgIpc) is 3.84. The van der Waals surface area contributed by atoms with Crippen molar-refractivity contribution in [2.24, 2.45) is 0 Å². The number of hydrogen-bond acceptors (Lipinski definition) is 3. The van der Waals surface area contributed by atoms with Crippen molar-refractivity contribution in [3.63, 3.8) is 0 Å². The molecule has 0 spiro atoms. The van der Waals surface area contributed by atoms with E-state index in [1.165, 1.54) is 44.0 Å². The van der Waals surface area contributed by atoms with Gasteiger partial charge in [0, 0.05) is 44.3 Å². The molecule has 0 aliphatic heterocycles. The topological polar surface area (TPSA) is 29.5 Å². The number of hydrogen-bond donors (Lipinski definition) is 0. The van der Waals surface area contributed by atoms with Crippen molar-refractivity contribution < 1.29 is 8.83 Å². The molecule has 3 nitrogen and oxygen atoms in total. The molecule has 0 saturated heterocycles. The summed E-state index contributed by atoms with van der Waals surface area (Å²) >= 11 is 0. The Labute approximate surface area is 319 Å². The number of anilines is 3. The summed E-state index contributed by atoms with van der Waals surface area (Å²) in [5.74, 6) is 1.00. The smallest absolute Gasteiger partial charge is 0.143 e. The fourth-order valence-electron chi connectivity index (χ4n) is 8.46. The molecule has 3 heteroatoms. The molecule has 1 aliphatic rings. The SMILES string of the molecule is C1=Cc2oc3ccc4cc(-c5ccc(N(c6ccc(-c7ccccc7)cc6)c6cccc(-c7cccc8c7oc7ccccc78)c6)cc5)ccc4c3c2CC1. The lowest BCUT2D eigenvalue weighted by Gasteiger charge is -2.26. The van der Waals surface area contributed by atoms with Crippen LogP contribution < -0.4 is 4.90 Å². The number of allylic oxidation sites excluding steroid dienone is 1. The highest BCUT2D eigenvalue weighted by molar-refractivity contribution is 6.10. The van der Waals surface area contributed by atoms with E-state index >= 15 is 0 Å². The molecule has 0 radical (unpaired) electrons. The van der Waals surface area contributed by atoms with Crippen LogP contribution in [0.4, 0.5) is 17.1 Å². The molecule has 0 saturated carbocycles. The zero-order valence-electron chi connectivity index (χ0n) is 30.1. The summed E-state index contributed by atoms with van der Waals surface area (Å²) in [5.41, 5.74) is 14.3. The van der Waals surface area contributed by atoms with Gasteiger partial charge in [0.15, 0.2) is 0 Å². The lowest BCUT2D eigenvalue weighted by atomic mass is 9.95. The van der Waals surface area contributed by atoms with E-state index in [0.717, 1.165) is 74.3 Å². The van der Waals surface area contributed by atoms with E-state index in [2.05, 4.69) is 181 Å². The Bertz CT molecular complexity index is 3070. The molecule has 11 rings (SSSR count). The van der Waals surface area contributed by atoms with E-state index in [4.69, 9.17) is 8.83 Å². The fourth-order valence-corrected chi connectivity index (χ4v) is 8.46. The van der Waals surface area contributed by atoms with Crippen LogP contribution in [0.25, 0.3) is 83.1 Å². The number of para-hydroxylation sites is 2. The number of aryl methyl sites for hydroxylation is 1. The predicted molar refractivity (Wildman–Crippen MR) is 229 cm³/mol. The van der Waals surface area contributed by atoms with Gasteiger partial charge in [-0.1, -0.05) is 127 Å². The molecule has 0 fully saturated rings. The van der Waals surface area contributed by atoms with E-state index in [-0.39, 0.29) is 0 Å². The van der Waals surface area contributed by atoms with Crippen LogP contribution in [0.15, 0.2) is 191 Å². The van der Waals surface area contributed by atoms with Gasteiger partial charge in [-0.15, -0.1) is 0 Å². The molecule has 8 aromatic carbocycles. The lowest BCUT2D eigenvalue weighted by Crippen LogP contribution is -2.10. The third-order valence-electron chi connectivity index (χ3n) is 11.1. The van der Waals surface area contributed by atoms with E-state index in [0.29, 0.717) is 0 Å². The van der Waals surface area contributed by atoms with Crippen LogP contribution in [0.2, 0.25) is 0 Å². The van der Waals surface area contributed by atoms with Gasteiger partial charge in [-0.25, -0.2) is 0 Å². The molecule has 1 aliphatic carbocycles. The normalized spacial score (nSPS) is 12.5. The van der Waals surface area contributed by atoms with Gasteiger partial charge >= 0.3 is 0 Å². The monoisotopic (exact) mass is 705 g/mol. The molecule has 0 N–H and O–H groups in total. The second-order valence-electron chi connectivity index (χ2n) is 14.4.